The van der Waals surface area contributed by atoms with E-state index < -0.39 is 5.97 Å². The largest absolute Gasteiger partial charge is 2.00 e. The topological polar surface area (TPSA) is 37.3 Å². The van der Waals surface area contributed by atoms with Gasteiger partial charge in [0.05, 0.1) is 5.56 Å². The zero-order valence-corrected chi connectivity index (χ0v) is 9.02. The van der Waals surface area contributed by atoms with E-state index in [1.165, 1.54) is 0 Å². The van der Waals surface area contributed by atoms with Gasteiger partial charge >= 0.3 is 29.0 Å². The molecule has 3 heteroatoms. The van der Waals surface area contributed by atoms with Crippen LogP contribution in [0.1, 0.15) is 13.2 Å². The number of carbonyl (C=O) groups is 1. The second-order valence-electron chi connectivity index (χ2n) is 2.87. The summed E-state index contributed by atoms with van der Waals surface area (Å²) < 4.78 is 0. The number of rotatable bonds is 1. The molecule has 0 saturated heterocycles. The van der Waals surface area contributed by atoms with Crippen molar-refractivity contribution in [3.63, 3.8) is 0 Å². The Hall–Kier alpha value is -1.06. The SMILES string of the molecule is O=C(O)c1ccc2ccccc2c1.[H-].[H-].[Mg+2]. The van der Waals surface area contributed by atoms with Crippen LogP contribution < -0.4 is 0 Å². The van der Waals surface area contributed by atoms with Crippen molar-refractivity contribution in [2.24, 2.45) is 0 Å². The van der Waals surface area contributed by atoms with Crippen LogP contribution in [0.15, 0.2) is 42.5 Å². The van der Waals surface area contributed by atoms with Gasteiger partial charge in [-0.05, 0) is 22.9 Å². The molecule has 2 rings (SSSR count). The summed E-state index contributed by atoms with van der Waals surface area (Å²) in [6, 6.07) is 12.8. The number of aromatic carboxylic acids is 1. The molecule has 0 heterocycles. The van der Waals surface area contributed by atoms with Crippen LogP contribution >= 0.6 is 0 Å². The molecule has 68 valence electrons. The van der Waals surface area contributed by atoms with Crippen molar-refractivity contribution in [2.75, 3.05) is 0 Å². The van der Waals surface area contributed by atoms with Crippen molar-refractivity contribution in [1.82, 2.24) is 0 Å². The summed E-state index contributed by atoms with van der Waals surface area (Å²) in [6.45, 7) is 0. The Morgan fingerprint density at radius 2 is 1.71 bits per heavy atom. The molecule has 0 unspecified atom stereocenters. The average Bonchev–Trinajstić information content (AvgIpc) is 2.17. The van der Waals surface area contributed by atoms with Crippen molar-refractivity contribution in [1.29, 1.82) is 0 Å². The quantitative estimate of drug-likeness (QED) is 0.715. The van der Waals surface area contributed by atoms with Crippen LogP contribution in [0.3, 0.4) is 0 Å². The molecule has 2 nitrogen and oxygen atoms in total. The smallest absolute Gasteiger partial charge is 1.00 e. The fourth-order valence-electron chi connectivity index (χ4n) is 1.32. The van der Waals surface area contributed by atoms with Gasteiger partial charge in [0.1, 0.15) is 0 Å². The molecule has 0 aromatic heterocycles. The maximum atomic E-state index is 10.6. The van der Waals surface area contributed by atoms with Crippen molar-refractivity contribution in [3.8, 4) is 0 Å². The number of hydrogen-bond donors (Lipinski definition) is 1. The maximum Gasteiger partial charge on any atom is 2.00 e. The molecule has 0 saturated carbocycles. The van der Waals surface area contributed by atoms with E-state index in [2.05, 4.69) is 0 Å². The predicted octanol–water partition coefficient (Wildman–Crippen LogP) is 2.38. The van der Waals surface area contributed by atoms with Gasteiger partial charge in [-0.25, -0.2) is 4.79 Å². The second kappa shape index (κ2) is 4.44. The molecule has 0 aliphatic carbocycles. The predicted molar refractivity (Wildman–Crippen MR) is 58.9 cm³/mol. The van der Waals surface area contributed by atoms with Gasteiger partial charge in [-0.15, -0.1) is 0 Å². The van der Waals surface area contributed by atoms with E-state index in [1.807, 2.05) is 30.3 Å². The van der Waals surface area contributed by atoms with Crippen molar-refractivity contribution < 1.29 is 12.8 Å². The fourth-order valence-corrected chi connectivity index (χ4v) is 1.32. The second-order valence-corrected chi connectivity index (χ2v) is 2.87. The normalized spacial score (nSPS) is 9.43. The molecule has 1 N–H and O–H groups in total. The van der Waals surface area contributed by atoms with Crippen LogP contribution in [-0.2, 0) is 0 Å². The van der Waals surface area contributed by atoms with E-state index in [4.69, 9.17) is 5.11 Å². The minimum Gasteiger partial charge on any atom is -1.00 e. The minimum atomic E-state index is -0.884. The Morgan fingerprint density at radius 1 is 1.07 bits per heavy atom. The zero-order chi connectivity index (χ0) is 9.26. The molecule has 0 aliphatic heterocycles. The van der Waals surface area contributed by atoms with Crippen LogP contribution in [0.5, 0.6) is 0 Å². The van der Waals surface area contributed by atoms with Gasteiger partial charge in [0, 0.05) is 0 Å². The van der Waals surface area contributed by atoms with Crippen molar-refractivity contribution in [2.45, 2.75) is 0 Å². The summed E-state index contributed by atoms with van der Waals surface area (Å²) in [4.78, 5) is 10.6. The van der Waals surface area contributed by atoms with Crippen LogP contribution in [0.4, 0.5) is 0 Å². The third-order valence-electron chi connectivity index (χ3n) is 2.00. The number of benzene rings is 2. The summed E-state index contributed by atoms with van der Waals surface area (Å²) in [5, 5.41) is 10.8. The van der Waals surface area contributed by atoms with Gasteiger partial charge in [0.25, 0.3) is 0 Å². The maximum absolute atomic E-state index is 10.6. The van der Waals surface area contributed by atoms with E-state index >= 15 is 0 Å². The Bertz CT molecular complexity index is 474. The molecule has 0 atom stereocenters. The van der Waals surface area contributed by atoms with Gasteiger partial charge in [-0.2, -0.15) is 0 Å². The van der Waals surface area contributed by atoms with E-state index in [0.29, 0.717) is 5.56 Å². The fraction of sp³-hybridized carbons (Fsp3) is 0. The molecule has 0 spiro atoms. The molecular weight excluding hydrogens is 188 g/mol. The molecule has 2 aromatic carbocycles. The summed E-state index contributed by atoms with van der Waals surface area (Å²) in [5.41, 5.74) is 0.332. The van der Waals surface area contributed by atoms with Crippen LogP contribution in [-0.4, -0.2) is 34.1 Å². The summed E-state index contributed by atoms with van der Waals surface area (Å²) in [7, 11) is 0. The Kier molecular flexibility index (Phi) is 3.49. The number of carboxylic acid groups (broad SMARTS) is 1. The Labute approximate surface area is 101 Å². The van der Waals surface area contributed by atoms with Gasteiger partial charge in [0.2, 0.25) is 0 Å². The summed E-state index contributed by atoms with van der Waals surface area (Å²) in [5.74, 6) is -0.884. The summed E-state index contributed by atoms with van der Waals surface area (Å²) in [6.07, 6.45) is 0. The molecule has 0 amide bonds. The molecule has 0 aliphatic rings. The molecule has 14 heavy (non-hydrogen) atoms. The van der Waals surface area contributed by atoms with Crippen LogP contribution in [0.2, 0.25) is 0 Å². The first kappa shape index (κ1) is 11.0. The number of hydrogen-bond acceptors (Lipinski definition) is 1. The third-order valence-corrected chi connectivity index (χ3v) is 2.00. The summed E-state index contributed by atoms with van der Waals surface area (Å²) >= 11 is 0. The number of fused-ring (bicyclic) bond motifs is 1. The molecule has 2 aromatic rings. The van der Waals surface area contributed by atoms with Crippen LogP contribution in [0, 0.1) is 0 Å². The minimum absolute atomic E-state index is 0. The Morgan fingerprint density at radius 3 is 2.36 bits per heavy atom. The van der Waals surface area contributed by atoms with Gasteiger partial charge in [-0.1, -0.05) is 30.3 Å². The Balaban J connectivity index is 0. The zero-order valence-electron chi connectivity index (χ0n) is 9.60. The monoisotopic (exact) mass is 198 g/mol. The van der Waals surface area contributed by atoms with Gasteiger partial charge in [-0.3, -0.25) is 0 Å². The van der Waals surface area contributed by atoms with E-state index in [1.54, 1.807) is 12.1 Å². The van der Waals surface area contributed by atoms with Crippen molar-refractivity contribution in [3.05, 3.63) is 48.0 Å². The standard InChI is InChI=1S/C11H8O2.Mg.2H/c12-11(13)10-6-5-8-3-1-2-4-9(8)7-10;;;/h1-7H,(H,12,13);;;/q;+2;2*-1. The van der Waals surface area contributed by atoms with E-state index in [9.17, 15) is 4.79 Å². The van der Waals surface area contributed by atoms with Gasteiger partial charge < -0.3 is 7.96 Å². The molecule has 0 bridgehead atoms. The van der Waals surface area contributed by atoms with E-state index in [-0.39, 0.29) is 25.9 Å². The first-order valence-electron chi connectivity index (χ1n) is 3.99. The van der Waals surface area contributed by atoms with E-state index in [0.717, 1.165) is 10.8 Å². The molecule has 0 fully saturated rings. The first-order valence-corrected chi connectivity index (χ1v) is 3.99. The third kappa shape index (κ3) is 2.05. The van der Waals surface area contributed by atoms with Crippen molar-refractivity contribution >= 4 is 39.8 Å². The average molecular weight is 199 g/mol. The molecular formula is C11H10MgO2. The van der Waals surface area contributed by atoms with Gasteiger partial charge in [0.15, 0.2) is 0 Å². The van der Waals surface area contributed by atoms with Crippen LogP contribution in [0.25, 0.3) is 10.8 Å². The first-order chi connectivity index (χ1) is 6.27. The molecule has 0 radical (unpaired) electrons. The number of carboxylic acids is 1.